The molecule has 24 heavy (non-hydrogen) atoms. The molecule has 1 aromatic carbocycles. The van der Waals surface area contributed by atoms with Crippen LogP contribution in [0.3, 0.4) is 0 Å². The minimum absolute atomic E-state index is 0.0102. The molecular formula is C17H15N5OS. The van der Waals surface area contributed by atoms with Crippen LogP contribution in [-0.4, -0.2) is 24.7 Å². The van der Waals surface area contributed by atoms with Crippen molar-refractivity contribution in [2.24, 2.45) is 0 Å². The summed E-state index contributed by atoms with van der Waals surface area (Å²) >= 11 is 1.60. The van der Waals surface area contributed by atoms with Gasteiger partial charge in [-0.2, -0.15) is 0 Å². The Labute approximate surface area is 142 Å². The molecule has 3 N–H and O–H groups in total. The van der Waals surface area contributed by atoms with E-state index in [-0.39, 0.29) is 6.61 Å². The summed E-state index contributed by atoms with van der Waals surface area (Å²) in [6, 6.07) is 9.39. The quantitative estimate of drug-likeness (QED) is 0.600. The molecule has 4 rings (SSSR count). The van der Waals surface area contributed by atoms with E-state index in [4.69, 9.17) is 10.8 Å². The molecule has 0 saturated heterocycles. The Morgan fingerprint density at radius 3 is 2.62 bits per heavy atom. The van der Waals surface area contributed by atoms with Crippen LogP contribution in [0.5, 0.6) is 0 Å². The van der Waals surface area contributed by atoms with E-state index in [9.17, 15) is 0 Å². The molecule has 120 valence electrons. The summed E-state index contributed by atoms with van der Waals surface area (Å²) < 4.78 is 1.74. The first-order valence-corrected chi connectivity index (χ1v) is 8.31. The van der Waals surface area contributed by atoms with Gasteiger partial charge in [0.25, 0.3) is 0 Å². The van der Waals surface area contributed by atoms with Gasteiger partial charge in [0.2, 0.25) is 0 Å². The lowest BCUT2D eigenvalue weighted by atomic mass is 10.1. The lowest BCUT2D eigenvalue weighted by Gasteiger charge is -2.06. The number of anilines is 1. The van der Waals surface area contributed by atoms with Crippen molar-refractivity contribution in [3.63, 3.8) is 0 Å². The first kappa shape index (κ1) is 14.8. The lowest BCUT2D eigenvalue weighted by molar-refractivity contribution is 0.282. The fraction of sp³-hybridized carbons (Fsp3) is 0.118. The molecule has 0 aliphatic heterocycles. The largest absolute Gasteiger partial charge is 0.392 e. The van der Waals surface area contributed by atoms with Crippen molar-refractivity contribution in [1.82, 2.24) is 19.6 Å². The number of aromatic nitrogens is 4. The van der Waals surface area contributed by atoms with E-state index < -0.39 is 0 Å². The number of fused-ring (bicyclic) bond motifs is 1. The van der Waals surface area contributed by atoms with Crippen molar-refractivity contribution in [2.45, 2.75) is 13.5 Å². The first-order chi connectivity index (χ1) is 11.7. The van der Waals surface area contributed by atoms with E-state index >= 15 is 0 Å². The van der Waals surface area contributed by atoms with Crippen LogP contribution in [0, 0.1) is 6.92 Å². The van der Waals surface area contributed by atoms with E-state index in [1.54, 1.807) is 15.9 Å². The number of rotatable bonds is 3. The monoisotopic (exact) mass is 337 g/mol. The Bertz CT molecular complexity index is 1020. The van der Waals surface area contributed by atoms with Gasteiger partial charge >= 0.3 is 0 Å². The molecule has 3 aromatic heterocycles. The molecule has 0 amide bonds. The molecule has 4 aromatic rings. The second-order valence-electron chi connectivity index (χ2n) is 5.45. The van der Waals surface area contributed by atoms with Crippen molar-refractivity contribution in [3.8, 4) is 22.6 Å². The molecule has 0 aliphatic rings. The highest BCUT2D eigenvalue weighted by Crippen LogP contribution is 2.30. The van der Waals surface area contributed by atoms with E-state index in [2.05, 4.69) is 15.1 Å². The van der Waals surface area contributed by atoms with Crippen LogP contribution in [0.15, 0.2) is 41.9 Å². The van der Waals surface area contributed by atoms with Gasteiger partial charge in [0.1, 0.15) is 5.52 Å². The Kier molecular flexibility index (Phi) is 3.51. The van der Waals surface area contributed by atoms with Gasteiger partial charge in [-0.05, 0) is 18.6 Å². The van der Waals surface area contributed by atoms with Crippen molar-refractivity contribution >= 4 is 22.7 Å². The average molecular weight is 337 g/mol. The SMILES string of the molecule is Cc1nc(-c2ccn3nc(-c4ccc(CO)cc4)nc(N)c23)cs1. The maximum atomic E-state index is 9.14. The second kappa shape index (κ2) is 5.70. The number of aliphatic hydroxyl groups excluding tert-OH is 1. The van der Waals surface area contributed by atoms with Crippen molar-refractivity contribution < 1.29 is 5.11 Å². The summed E-state index contributed by atoms with van der Waals surface area (Å²) in [5.74, 6) is 0.956. The van der Waals surface area contributed by atoms with E-state index in [1.165, 1.54) is 0 Å². The number of thiazole rings is 1. The molecule has 0 fully saturated rings. The zero-order chi connectivity index (χ0) is 16.7. The highest BCUT2D eigenvalue weighted by Gasteiger charge is 2.14. The van der Waals surface area contributed by atoms with E-state index in [0.717, 1.165) is 32.9 Å². The molecule has 6 nitrogen and oxygen atoms in total. The Hall–Kier alpha value is -2.77. The molecule has 0 aliphatic carbocycles. The maximum Gasteiger partial charge on any atom is 0.182 e. The second-order valence-corrected chi connectivity index (χ2v) is 6.51. The molecule has 0 spiro atoms. The zero-order valence-corrected chi connectivity index (χ0v) is 13.8. The van der Waals surface area contributed by atoms with Crippen LogP contribution < -0.4 is 5.73 Å². The van der Waals surface area contributed by atoms with Crippen LogP contribution in [0.2, 0.25) is 0 Å². The average Bonchev–Trinajstić information content (AvgIpc) is 3.21. The summed E-state index contributed by atoms with van der Waals surface area (Å²) in [6.07, 6.45) is 1.86. The smallest absolute Gasteiger partial charge is 0.182 e. The third-order valence-electron chi connectivity index (χ3n) is 3.83. The van der Waals surface area contributed by atoms with Gasteiger partial charge < -0.3 is 10.8 Å². The molecule has 0 unspecified atom stereocenters. The van der Waals surface area contributed by atoms with Crippen LogP contribution >= 0.6 is 11.3 Å². The fourth-order valence-electron chi connectivity index (χ4n) is 2.63. The normalized spacial score (nSPS) is 11.2. The molecule has 0 bridgehead atoms. The summed E-state index contributed by atoms with van der Waals surface area (Å²) in [6.45, 7) is 1.98. The molecule has 3 heterocycles. The van der Waals surface area contributed by atoms with Crippen LogP contribution in [0.25, 0.3) is 28.2 Å². The van der Waals surface area contributed by atoms with Gasteiger partial charge in [-0.25, -0.2) is 14.5 Å². The number of nitrogens with zero attached hydrogens (tertiary/aromatic N) is 4. The van der Waals surface area contributed by atoms with Crippen molar-refractivity contribution in [1.29, 1.82) is 0 Å². The first-order valence-electron chi connectivity index (χ1n) is 7.43. The number of aliphatic hydroxyl groups is 1. The Morgan fingerprint density at radius 2 is 1.96 bits per heavy atom. The molecule has 0 saturated carbocycles. The van der Waals surface area contributed by atoms with Gasteiger partial charge in [0, 0.05) is 22.7 Å². The summed E-state index contributed by atoms with van der Waals surface area (Å²) in [7, 11) is 0. The number of hydrogen-bond donors (Lipinski definition) is 2. The fourth-order valence-corrected chi connectivity index (χ4v) is 3.24. The van der Waals surface area contributed by atoms with Gasteiger partial charge in [0.15, 0.2) is 11.6 Å². The Balaban J connectivity index is 1.83. The standard InChI is InChI=1S/C17H15N5OS/c1-10-19-14(9-24-10)13-6-7-22-15(13)16(18)20-17(21-22)12-4-2-11(8-23)3-5-12/h2-7,9,23H,8H2,1H3,(H2,18,20,21). The highest BCUT2D eigenvalue weighted by molar-refractivity contribution is 7.09. The topological polar surface area (TPSA) is 89.3 Å². The molecule has 0 atom stereocenters. The van der Waals surface area contributed by atoms with E-state index in [0.29, 0.717) is 11.6 Å². The number of nitrogen functional groups attached to an aromatic ring is 1. The van der Waals surface area contributed by atoms with Crippen molar-refractivity contribution in [3.05, 3.63) is 52.5 Å². The minimum atomic E-state index is 0.0102. The number of hydrogen-bond acceptors (Lipinski definition) is 6. The molecule has 7 heteroatoms. The van der Waals surface area contributed by atoms with Gasteiger partial charge in [0.05, 0.1) is 17.3 Å². The zero-order valence-electron chi connectivity index (χ0n) is 13.0. The van der Waals surface area contributed by atoms with E-state index in [1.807, 2.05) is 48.8 Å². The third kappa shape index (κ3) is 2.44. The number of benzene rings is 1. The predicted octanol–water partition coefficient (Wildman–Crippen LogP) is 2.90. The summed E-state index contributed by atoms with van der Waals surface area (Å²) in [4.78, 5) is 8.97. The van der Waals surface area contributed by atoms with Crippen LogP contribution in [-0.2, 0) is 6.61 Å². The summed E-state index contributed by atoms with van der Waals surface area (Å²) in [5.41, 5.74) is 10.5. The predicted molar refractivity (Wildman–Crippen MR) is 94.6 cm³/mol. The Morgan fingerprint density at radius 1 is 1.17 bits per heavy atom. The number of nitrogens with two attached hydrogens (primary N) is 1. The minimum Gasteiger partial charge on any atom is -0.392 e. The lowest BCUT2D eigenvalue weighted by Crippen LogP contribution is -2.03. The van der Waals surface area contributed by atoms with Gasteiger partial charge in [-0.3, -0.25) is 0 Å². The highest BCUT2D eigenvalue weighted by atomic mass is 32.1. The van der Waals surface area contributed by atoms with Gasteiger partial charge in [-0.15, -0.1) is 16.4 Å². The third-order valence-corrected chi connectivity index (χ3v) is 4.60. The molecular weight excluding hydrogens is 322 g/mol. The van der Waals surface area contributed by atoms with Crippen LogP contribution in [0.4, 0.5) is 5.82 Å². The summed E-state index contributed by atoms with van der Waals surface area (Å²) in [5, 5.41) is 16.7. The van der Waals surface area contributed by atoms with Crippen molar-refractivity contribution in [2.75, 3.05) is 5.73 Å². The maximum absolute atomic E-state index is 9.14. The van der Waals surface area contributed by atoms with Crippen LogP contribution in [0.1, 0.15) is 10.6 Å². The van der Waals surface area contributed by atoms with Gasteiger partial charge in [-0.1, -0.05) is 24.3 Å². The number of aryl methyl sites for hydroxylation is 1. The molecule has 0 radical (unpaired) electrons.